The van der Waals surface area contributed by atoms with Crippen LogP contribution in [-0.2, 0) is 4.79 Å². The van der Waals surface area contributed by atoms with Crippen molar-refractivity contribution in [1.29, 1.82) is 0 Å². The van der Waals surface area contributed by atoms with Gasteiger partial charge in [-0.3, -0.25) is 4.79 Å². The summed E-state index contributed by atoms with van der Waals surface area (Å²) in [6, 6.07) is 3.49. The Labute approximate surface area is 140 Å². The molecule has 3 aliphatic rings. The van der Waals surface area contributed by atoms with E-state index in [9.17, 15) is 13.6 Å². The molecule has 1 aliphatic heterocycles. The third-order valence-electron chi connectivity index (χ3n) is 6.11. The van der Waals surface area contributed by atoms with Crippen molar-refractivity contribution in [2.45, 2.75) is 25.3 Å². The Morgan fingerprint density at radius 3 is 2.46 bits per heavy atom. The second kappa shape index (κ2) is 5.99. The van der Waals surface area contributed by atoms with Crippen molar-refractivity contribution in [1.82, 2.24) is 4.90 Å². The molecule has 0 spiro atoms. The minimum atomic E-state index is -0.446. The number of halogens is 2. The van der Waals surface area contributed by atoms with Crippen LogP contribution in [0.3, 0.4) is 0 Å². The maximum Gasteiger partial charge on any atom is 0.227 e. The molecule has 1 aromatic carbocycles. The van der Waals surface area contributed by atoms with Gasteiger partial charge in [0.2, 0.25) is 5.91 Å². The molecule has 1 saturated heterocycles. The number of hydrogen-bond donors (Lipinski definition) is 1. The molecule has 2 bridgehead atoms. The predicted octanol–water partition coefficient (Wildman–Crippen LogP) is 1.99. The van der Waals surface area contributed by atoms with Gasteiger partial charge in [-0.15, -0.1) is 0 Å². The van der Waals surface area contributed by atoms with Gasteiger partial charge in [-0.1, -0.05) is 0 Å². The molecule has 2 saturated carbocycles. The summed E-state index contributed by atoms with van der Waals surface area (Å²) in [6.45, 7) is 2.11. The molecule has 1 aromatic rings. The van der Waals surface area contributed by atoms with Crippen LogP contribution in [-0.4, -0.2) is 43.0 Å². The number of carbonyl (C=O) groups is 1. The van der Waals surface area contributed by atoms with Crippen LogP contribution < -0.4 is 10.6 Å². The van der Waals surface area contributed by atoms with Crippen molar-refractivity contribution in [3.05, 3.63) is 29.8 Å². The van der Waals surface area contributed by atoms with E-state index >= 15 is 0 Å². The number of anilines is 1. The minimum Gasteiger partial charge on any atom is -0.366 e. The number of amides is 1. The summed E-state index contributed by atoms with van der Waals surface area (Å²) >= 11 is 0. The molecule has 0 radical (unpaired) electrons. The van der Waals surface area contributed by atoms with Gasteiger partial charge in [0.05, 0.1) is 11.6 Å². The van der Waals surface area contributed by atoms with Gasteiger partial charge in [-0.05, 0) is 43.2 Å². The highest BCUT2D eigenvalue weighted by Crippen LogP contribution is 2.48. The van der Waals surface area contributed by atoms with Gasteiger partial charge in [0, 0.05) is 38.3 Å². The van der Waals surface area contributed by atoms with Crippen molar-refractivity contribution in [2.75, 3.05) is 31.1 Å². The average Bonchev–Trinajstić information content (AvgIpc) is 3.18. The van der Waals surface area contributed by atoms with Crippen LogP contribution in [0.2, 0.25) is 0 Å². The van der Waals surface area contributed by atoms with Crippen LogP contribution in [0, 0.1) is 29.4 Å². The van der Waals surface area contributed by atoms with Gasteiger partial charge < -0.3 is 15.5 Å². The first kappa shape index (κ1) is 15.8. The number of nitrogens with zero attached hydrogens (tertiary/aromatic N) is 2. The zero-order valence-corrected chi connectivity index (χ0v) is 13.6. The van der Waals surface area contributed by atoms with Gasteiger partial charge in [0.15, 0.2) is 0 Å². The quantitative estimate of drug-likeness (QED) is 0.899. The molecule has 4 unspecified atom stereocenters. The van der Waals surface area contributed by atoms with Crippen molar-refractivity contribution in [3.8, 4) is 0 Å². The fraction of sp³-hybridized carbons (Fsp3) is 0.611. The van der Waals surface area contributed by atoms with Crippen molar-refractivity contribution in [2.24, 2.45) is 23.5 Å². The Balaban J connectivity index is 1.41. The number of fused-ring (bicyclic) bond motifs is 2. The summed E-state index contributed by atoms with van der Waals surface area (Å²) < 4.78 is 27.3. The molecule has 3 fully saturated rings. The van der Waals surface area contributed by atoms with E-state index < -0.39 is 11.6 Å². The third kappa shape index (κ3) is 2.57. The maximum atomic E-state index is 13.9. The first-order valence-electron chi connectivity index (χ1n) is 8.79. The van der Waals surface area contributed by atoms with Gasteiger partial charge in [0.25, 0.3) is 0 Å². The molecule has 6 heteroatoms. The highest BCUT2D eigenvalue weighted by molar-refractivity contribution is 5.81. The molecule has 1 amide bonds. The first-order valence-corrected chi connectivity index (χ1v) is 8.79. The van der Waals surface area contributed by atoms with E-state index in [-0.39, 0.29) is 23.6 Å². The molecule has 130 valence electrons. The van der Waals surface area contributed by atoms with Crippen molar-refractivity contribution >= 4 is 11.6 Å². The smallest absolute Gasteiger partial charge is 0.227 e. The van der Waals surface area contributed by atoms with Crippen LogP contribution in [0.25, 0.3) is 0 Å². The van der Waals surface area contributed by atoms with E-state index in [0.29, 0.717) is 38.0 Å². The topological polar surface area (TPSA) is 49.6 Å². The second-order valence-corrected chi connectivity index (χ2v) is 7.34. The van der Waals surface area contributed by atoms with Crippen LogP contribution >= 0.6 is 0 Å². The van der Waals surface area contributed by atoms with E-state index in [4.69, 9.17) is 5.73 Å². The van der Waals surface area contributed by atoms with Gasteiger partial charge in [-0.25, -0.2) is 8.78 Å². The van der Waals surface area contributed by atoms with Crippen molar-refractivity contribution in [3.63, 3.8) is 0 Å². The summed E-state index contributed by atoms with van der Waals surface area (Å²) in [7, 11) is 0. The van der Waals surface area contributed by atoms with Crippen LogP contribution in [0.4, 0.5) is 14.5 Å². The highest BCUT2D eigenvalue weighted by atomic mass is 19.1. The zero-order chi connectivity index (χ0) is 16.8. The van der Waals surface area contributed by atoms with Crippen molar-refractivity contribution < 1.29 is 13.6 Å². The molecule has 4 atom stereocenters. The fourth-order valence-electron chi connectivity index (χ4n) is 4.81. The lowest BCUT2D eigenvalue weighted by Gasteiger charge is -2.39. The van der Waals surface area contributed by atoms with E-state index in [1.54, 1.807) is 0 Å². The van der Waals surface area contributed by atoms with E-state index in [1.807, 2.05) is 9.80 Å². The molecule has 2 aliphatic carbocycles. The standard InChI is InChI=1S/C18H23F2N3O/c19-13-3-4-14(20)15(10-13)22-5-7-23(8-6-22)18(24)16-11-1-2-12(9-11)17(16)21/h3-4,10-12,16-17H,1-2,5-9,21H2. The minimum absolute atomic E-state index is 0.00468. The summed E-state index contributed by atoms with van der Waals surface area (Å²) in [5, 5.41) is 0. The molecule has 0 aromatic heterocycles. The molecule has 4 rings (SSSR count). The molecule has 24 heavy (non-hydrogen) atoms. The summed E-state index contributed by atoms with van der Waals surface area (Å²) in [5.41, 5.74) is 6.55. The lowest BCUT2D eigenvalue weighted by molar-refractivity contribution is -0.138. The van der Waals surface area contributed by atoms with Gasteiger partial charge in [0.1, 0.15) is 11.6 Å². The summed E-state index contributed by atoms with van der Waals surface area (Å²) in [4.78, 5) is 16.5. The molecular formula is C18H23F2N3O. The maximum absolute atomic E-state index is 13.9. The Morgan fingerprint density at radius 1 is 1.08 bits per heavy atom. The van der Waals surface area contributed by atoms with Crippen LogP contribution in [0.5, 0.6) is 0 Å². The van der Waals surface area contributed by atoms with E-state index in [0.717, 1.165) is 31.4 Å². The third-order valence-corrected chi connectivity index (χ3v) is 6.11. The normalized spacial score (nSPS) is 32.5. The molecule has 2 N–H and O–H groups in total. The Kier molecular flexibility index (Phi) is 3.95. The van der Waals surface area contributed by atoms with Crippen LogP contribution in [0.15, 0.2) is 18.2 Å². The lowest BCUT2D eigenvalue weighted by atomic mass is 9.84. The SMILES string of the molecule is NC1C2CCC(C2)C1C(=O)N1CCN(c2cc(F)ccc2F)CC1. The lowest BCUT2D eigenvalue weighted by Crippen LogP contribution is -2.54. The summed E-state index contributed by atoms with van der Waals surface area (Å²) in [5.74, 6) is 0.197. The monoisotopic (exact) mass is 335 g/mol. The number of rotatable bonds is 2. The Morgan fingerprint density at radius 2 is 1.79 bits per heavy atom. The fourth-order valence-corrected chi connectivity index (χ4v) is 4.81. The average molecular weight is 335 g/mol. The zero-order valence-electron chi connectivity index (χ0n) is 13.6. The molecule has 4 nitrogen and oxygen atoms in total. The van der Waals surface area contributed by atoms with E-state index in [1.165, 1.54) is 6.07 Å². The largest absolute Gasteiger partial charge is 0.366 e. The summed E-state index contributed by atoms with van der Waals surface area (Å²) in [6.07, 6.45) is 3.36. The van der Waals surface area contributed by atoms with Gasteiger partial charge >= 0.3 is 0 Å². The number of benzene rings is 1. The second-order valence-electron chi connectivity index (χ2n) is 7.34. The number of hydrogen-bond acceptors (Lipinski definition) is 3. The van der Waals surface area contributed by atoms with Gasteiger partial charge in [-0.2, -0.15) is 0 Å². The molecular weight excluding hydrogens is 312 g/mol. The van der Waals surface area contributed by atoms with E-state index in [2.05, 4.69) is 0 Å². The first-order chi connectivity index (χ1) is 11.5. The molecule has 1 heterocycles. The number of carbonyl (C=O) groups excluding carboxylic acids is 1. The Bertz CT molecular complexity index is 643. The predicted molar refractivity (Wildman–Crippen MR) is 87.4 cm³/mol. The Hall–Kier alpha value is -1.69. The number of nitrogens with two attached hydrogens (primary N) is 1. The highest BCUT2D eigenvalue weighted by Gasteiger charge is 2.50. The number of piperazine rings is 1. The van der Waals surface area contributed by atoms with Crippen LogP contribution in [0.1, 0.15) is 19.3 Å².